The minimum atomic E-state index is -0.500. The molecule has 1 saturated heterocycles. The van der Waals surface area contributed by atoms with Crippen molar-refractivity contribution in [1.29, 1.82) is 0 Å². The van der Waals surface area contributed by atoms with Crippen molar-refractivity contribution in [2.75, 3.05) is 13.1 Å². The fourth-order valence-electron chi connectivity index (χ4n) is 1.39. The molecule has 2 nitrogen and oxygen atoms in total. The Hall–Kier alpha value is -0.340. The first kappa shape index (κ1) is 7.76. The van der Waals surface area contributed by atoms with Crippen LogP contribution in [0.3, 0.4) is 0 Å². The Morgan fingerprint density at radius 1 is 1.70 bits per heavy atom. The largest absolute Gasteiger partial charge is 0.388 e. The molecule has 58 valence electrons. The van der Waals surface area contributed by atoms with Gasteiger partial charge in [-0.1, -0.05) is 6.08 Å². The van der Waals surface area contributed by atoms with Gasteiger partial charge in [0, 0.05) is 6.54 Å². The summed E-state index contributed by atoms with van der Waals surface area (Å²) in [7, 11) is 0. The standard InChI is InChI=1S/C8H15NO/c1-2-4-8(10)5-3-6-9-7-8/h2,9-10H,1,3-7H2/t8-/m1/s1. The lowest BCUT2D eigenvalue weighted by Gasteiger charge is -2.31. The summed E-state index contributed by atoms with van der Waals surface area (Å²) < 4.78 is 0. The molecular formula is C8H15NO. The SMILES string of the molecule is C=CC[C@@]1(O)CCCNC1. The molecule has 1 heterocycles. The number of β-amino-alcohol motifs (C(OH)–C–C–N with tert-alkyl or cyclic N) is 1. The molecule has 1 aliphatic rings. The summed E-state index contributed by atoms with van der Waals surface area (Å²) in [5.41, 5.74) is -0.500. The van der Waals surface area contributed by atoms with E-state index in [-0.39, 0.29) is 0 Å². The highest BCUT2D eigenvalue weighted by Gasteiger charge is 2.26. The predicted octanol–water partition coefficient (Wildman–Crippen LogP) is 0.677. The number of aliphatic hydroxyl groups is 1. The van der Waals surface area contributed by atoms with Gasteiger partial charge < -0.3 is 10.4 Å². The molecule has 1 rings (SSSR count). The van der Waals surface area contributed by atoms with Crippen LogP contribution >= 0.6 is 0 Å². The molecule has 2 heteroatoms. The molecule has 1 atom stereocenters. The summed E-state index contributed by atoms with van der Waals surface area (Å²) in [5.74, 6) is 0. The van der Waals surface area contributed by atoms with Crippen molar-refractivity contribution in [3.63, 3.8) is 0 Å². The second-order valence-corrected chi connectivity index (χ2v) is 3.00. The van der Waals surface area contributed by atoms with E-state index in [2.05, 4.69) is 11.9 Å². The monoisotopic (exact) mass is 141 g/mol. The zero-order valence-corrected chi connectivity index (χ0v) is 6.27. The Morgan fingerprint density at radius 3 is 3.00 bits per heavy atom. The van der Waals surface area contributed by atoms with E-state index >= 15 is 0 Å². The molecule has 2 N–H and O–H groups in total. The average Bonchev–Trinajstić information content (AvgIpc) is 1.89. The molecule has 1 fully saturated rings. The average molecular weight is 141 g/mol. The van der Waals surface area contributed by atoms with Gasteiger partial charge in [-0.3, -0.25) is 0 Å². The maximum Gasteiger partial charge on any atom is 0.0806 e. The maximum absolute atomic E-state index is 9.74. The van der Waals surface area contributed by atoms with Crippen LogP contribution in [0.5, 0.6) is 0 Å². The molecule has 0 aromatic carbocycles. The van der Waals surface area contributed by atoms with Crippen molar-refractivity contribution < 1.29 is 5.11 Å². The van der Waals surface area contributed by atoms with Crippen LogP contribution in [0, 0.1) is 0 Å². The third-order valence-electron chi connectivity index (χ3n) is 1.97. The van der Waals surface area contributed by atoms with E-state index in [1.807, 2.05) is 0 Å². The number of hydrogen-bond acceptors (Lipinski definition) is 2. The van der Waals surface area contributed by atoms with Crippen LogP contribution in [-0.4, -0.2) is 23.8 Å². The Labute approximate surface area is 61.9 Å². The fraction of sp³-hybridized carbons (Fsp3) is 0.750. The molecule has 0 radical (unpaired) electrons. The summed E-state index contributed by atoms with van der Waals surface area (Å²) >= 11 is 0. The van der Waals surface area contributed by atoms with Gasteiger partial charge in [0.25, 0.3) is 0 Å². The van der Waals surface area contributed by atoms with E-state index in [1.54, 1.807) is 6.08 Å². The quantitative estimate of drug-likeness (QED) is 0.554. The number of nitrogens with one attached hydrogen (secondary N) is 1. The van der Waals surface area contributed by atoms with Crippen LogP contribution in [-0.2, 0) is 0 Å². The minimum Gasteiger partial charge on any atom is -0.388 e. The normalized spacial score (nSPS) is 33.7. The van der Waals surface area contributed by atoms with Crippen LogP contribution in [0.1, 0.15) is 19.3 Å². The van der Waals surface area contributed by atoms with E-state index in [0.717, 1.165) is 25.9 Å². The molecule has 0 spiro atoms. The molecule has 10 heavy (non-hydrogen) atoms. The van der Waals surface area contributed by atoms with Gasteiger partial charge in [-0.2, -0.15) is 0 Å². The smallest absolute Gasteiger partial charge is 0.0806 e. The highest BCUT2D eigenvalue weighted by atomic mass is 16.3. The minimum absolute atomic E-state index is 0.500. The number of piperidine rings is 1. The van der Waals surface area contributed by atoms with Crippen molar-refractivity contribution >= 4 is 0 Å². The molecule has 0 aliphatic carbocycles. The first-order valence-corrected chi connectivity index (χ1v) is 3.81. The topological polar surface area (TPSA) is 32.3 Å². The van der Waals surface area contributed by atoms with Gasteiger partial charge in [0.15, 0.2) is 0 Å². The van der Waals surface area contributed by atoms with Crippen LogP contribution in [0.2, 0.25) is 0 Å². The zero-order valence-electron chi connectivity index (χ0n) is 6.27. The summed E-state index contributed by atoms with van der Waals surface area (Å²) in [6, 6.07) is 0. The van der Waals surface area contributed by atoms with Crippen molar-refractivity contribution in [2.45, 2.75) is 24.9 Å². The van der Waals surface area contributed by atoms with Crippen molar-refractivity contribution in [3.8, 4) is 0 Å². The van der Waals surface area contributed by atoms with E-state index < -0.39 is 5.60 Å². The summed E-state index contributed by atoms with van der Waals surface area (Å²) in [4.78, 5) is 0. The van der Waals surface area contributed by atoms with E-state index in [0.29, 0.717) is 6.42 Å². The summed E-state index contributed by atoms with van der Waals surface area (Å²) in [6.07, 6.45) is 4.48. The van der Waals surface area contributed by atoms with Gasteiger partial charge in [-0.25, -0.2) is 0 Å². The number of hydrogen-bond donors (Lipinski definition) is 2. The molecule has 0 aromatic heterocycles. The summed E-state index contributed by atoms with van der Waals surface area (Å²) in [6.45, 7) is 5.37. The van der Waals surface area contributed by atoms with Crippen molar-refractivity contribution in [3.05, 3.63) is 12.7 Å². The van der Waals surface area contributed by atoms with Gasteiger partial charge in [0.2, 0.25) is 0 Å². The van der Waals surface area contributed by atoms with Gasteiger partial charge in [0.05, 0.1) is 5.60 Å². The Bertz CT molecular complexity index is 116. The van der Waals surface area contributed by atoms with Crippen LogP contribution in [0.4, 0.5) is 0 Å². The molecule has 0 bridgehead atoms. The molecular weight excluding hydrogens is 126 g/mol. The van der Waals surface area contributed by atoms with Crippen LogP contribution < -0.4 is 5.32 Å². The van der Waals surface area contributed by atoms with Crippen molar-refractivity contribution in [2.24, 2.45) is 0 Å². The molecule has 0 unspecified atom stereocenters. The molecule has 0 saturated carbocycles. The Morgan fingerprint density at radius 2 is 2.50 bits per heavy atom. The highest BCUT2D eigenvalue weighted by molar-refractivity contribution is 4.90. The lowest BCUT2D eigenvalue weighted by molar-refractivity contribution is 0.0195. The van der Waals surface area contributed by atoms with E-state index in [9.17, 15) is 5.11 Å². The van der Waals surface area contributed by atoms with Crippen LogP contribution in [0.15, 0.2) is 12.7 Å². The lowest BCUT2D eigenvalue weighted by Crippen LogP contribution is -2.45. The molecule has 0 aromatic rings. The first-order chi connectivity index (χ1) is 4.77. The zero-order chi connectivity index (χ0) is 7.45. The highest BCUT2D eigenvalue weighted by Crippen LogP contribution is 2.19. The van der Waals surface area contributed by atoms with Gasteiger partial charge >= 0.3 is 0 Å². The summed E-state index contributed by atoms with van der Waals surface area (Å²) in [5, 5.41) is 12.9. The second-order valence-electron chi connectivity index (χ2n) is 3.00. The lowest BCUT2D eigenvalue weighted by atomic mass is 9.91. The van der Waals surface area contributed by atoms with Gasteiger partial charge in [-0.05, 0) is 25.8 Å². The van der Waals surface area contributed by atoms with Crippen molar-refractivity contribution in [1.82, 2.24) is 5.32 Å². The first-order valence-electron chi connectivity index (χ1n) is 3.81. The van der Waals surface area contributed by atoms with E-state index in [1.165, 1.54) is 0 Å². The Kier molecular flexibility index (Phi) is 2.46. The molecule has 1 aliphatic heterocycles. The van der Waals surface area contributed by atoms with Gasteiger partial charge in [-0.15, -0.1) is 6.58 Å². The van der Waals surface area contributed by atoms with E-state index in [4.69, 9.17) is 0 Å². The second kappa shape index (κ2) is 3.17. The third kappa shape index (κ3) is 1.82. The predicted molar refractivity (Wildman–Crippen MR) is 41.9 cm³/mol. The fourth-order valence-corrected chi connectivity index (χ4v) is 1.39. The van der Waals surface area contributed by atoms with Gasteiger partial charge in [0.1, 0.15) is 0 Å². The molecule has 0 amide bonds. The Balaban J connectivity index is 2.39. The van der Waals surface area contributed by atoms with Crippen LogP contribution in [0.25, 0.3) is 0 Å². The third-order valence-corrected chi connectivity index (χ3v) is 1.97. The maximum atomic E-state index is 9.74. The number of rotatable bonds is 2.